The number of carbonyl (C=O) groups excluding carboxylic acids is 2. The summed E-state index contributed by atoms with van der Waals surface area (Å²) in [6.45, 7) is 0.409. The second kappa shape index (κ2) is 9.44. The van der Waals surface area contributed by atoms with Gasteiger partial charge in [0.15, 0.2) is 11.5 Å². The van der Waals surface area contributed by atoms with Gasteiger partial charge in [-0.1, -0.05) is 18.2 Å². The van der Waals surface area contributed by atoms with Crippen molar-refractivity contribution < 1.29 is 9.59 Å². The van der Waals surface area contributed by atoms with Gasteiger partial charge in [-0.05, 0) is 48.0 Å². The second-order valence-corrected chi connectivity index (χ2v) is 7.80. The van der Waals surface area contributed by atoms with Crippen LogP contribution in [0.15, 0.2) is 91.6 Å². The third kappa shape index (κ3) is 4.69. The molecule has 0 aliphatic carbocycles. The molecule has 3 aromatic heterocycles. The van der Waals surface area contributed by atoms with Crippen LogP contribution in [0.1, 0.15) is 26.3 Å². The van der Waals surface area contributed by atoms with Crippen LogP contribution in [0.3, 0.4) is 0 Å². The number of amides is 2. The van der Waals surface area contributed by atoms with Gasteiger partial charge in [0.25, 0.3) is 5.91 Å². The van der Waals surface area contributed by atoms with Gasteiger partial charge in [-0.2, -0.15) is 0 Å². The van der Waals surface area contributed by atoms with E-state index in [4.69, 9.17) is 5.73 Å². The molecule has 0 spiro atoms. The molecule has 0 aliphatic rings. The van der Waals surface area contributed by atoms with Crippen molar-refractivity contribution in [1.82, 2.24) is 24.7 Å². The van der Waals surface area contributed by atoms with Crippen molar-refractivity contribution in [2.75, 3.05) is 5.32 Å². The Labute approximate surface area is 200 Å². The van der Waals surface area contributed by atoms with Crippen molar-refractivity contribution in [3.63, 3.8) is 0 Å². The Hall–Kier alpha value is -5.05. The number of imidazole rings is 1. The van der Waals surface area contributed by atoms with Crippen LogP contribution in [0.2, 0.25) is 0 Å². The van der Waals surface area contributed by atoms with E-state index in [9.17, 15) is 9.59 Å². The number of nitrogens with one attached hydrogen (secondary N) is 2. The van der Waals surface area contributed by atoms with Crippen LogP contribution in [0, 0.1) is 0 Å². The number of nitrogens with zero attached hydrogens (tertiary/aromatic N) is 4. The fraction of sp³-hybridized carbons (Fsp3) is 0.0385. The van der Waals surface area contributed by atoms with Gasteiger partial charge in [-0.3, -0.25) is 19.0 Å². The highest BCUT2D eigenvalue weighted by Crippen LogP contribution is 2.25. The second-order valence-electron chi connectivity index (χ2n) is 7.80. The van der Waals surface area contributed by atoms with E-state index < -0.39 is 5.91 Å². The van der Waals surface area contributed by atoms with E-state index in [2.05, 4.69) is 25.6 Å². The number of aromatic nitrogens is 4. The van der Waals surface area contributed by atoms with E-state index in [0.29, 0.717) is 29.1 Å². The van der Waals surface area contributed by atoms with Crippen molar-refractivity contribution in [3.05, 3.63) is 108 Å². The summed E-state index contributed by atoms with van der Waals surface area (Å²) in [6.07, 6.45) is 8.68. The molecule has 5 rings (SSSR count). The number of pyridine rings is 1. The minimum Gasteiger partial charge on any atom is -0.366 e. The topological polar surface area (TPSA) is 127 Å². The van der Waals surface area contributed by atoms with Gasteiger partial charge < -0.3 is 16.4 Å². The van der Waals surface area contributed by atoms with Crippen LogP contribution in [0.5, 0.6) is 0 Å². The average molecular weight is 464 g/mol. The van der Waals surface area contributed by atoms with E-state index in [1.165, 1.54) is 0 Å². The number of carbonyl (C=O) groups is 2. The molecule has 9 nitrogen and oxygen atoms in total. The molecule has 9 heteroatoms. The molecule has 0 saturated heterocycles. The van der Waals surface area contributed by atoms with Gasteiger partial charge >= 0.3 is 0 Å². The van der Waals surface area contributed by atoms with E-state index in [-0.39, 0.29) is 5.91 Å². The quantitative estimate of drug-likeness (QED) is 0.339. The zero-order valence-corrected chi connectivity index (χ0v) is 18.6. The van der Waals surface area contributed by atoms with Gasteiger partial charge in [0.2, 0.25) is 5.91 Å². The van der Waals surface area contributed by atoms with E-state index in [1.54, 1.807) is 49.1 Å². The summed E-state index contributed by atoms with van der Waals surface area (Å²) in [4.78, 5) is 36.9. The SMILES string of the molecule is NC(=O)c1ccc(-c2cnc(Nc3ccc(C(=O)NCc4cccnc4)cc3)c3nccn23)cc1. The minimum atomic E-state index is -0.473. The minimum absolute atomic E-state index is 0.166. The highest BCUT2D eigenvalue weighted by atomic mass is 16.2. The number of nitrogens with two attached hydrogens (primary N) is 1. The molecular formula is C26H21N7O2. The molecule has 0 atom stereocenters. The smallest absolute Gasteiger partial charge is 0.251 e. The highest BCUT2D eigenvalue weighted by Gasteiger charge is 2.12. The van der Waals surface area contributed by atoms with Crippen LogP contribution in [0.25, 0.3) is 16.9 Å². The highest BCUT2D eigenvalue weighted by molar-refractivity contribution is 5.94. The van der Waals surface area contributed by atoms with Crippen molar-refractivity contribution in [2.24, 2.45) is 5.73 Å². The third-order valence-electron chi connectivity index (χ3n) is 5.48. The van der Waals surface area contributed by atoms with Crippen molar-refractivity contribution in [1.29, 1.82) is 0 Å². The standard InChI is InChI=1S/C26H21N7O2/c27-23(34)19-5-3-18(4-6-19)22-16-30-24(25-29-12-13-33(22)25)32-21-9-7-20(8-10-21)26(35)31-15-17-2-1-11-28-14-17/h1-14,16H,15H2,(H2,27,34)(H,30,32)(H,31,35). The molecule has 0 radical (unpaired) electrons. The maximum absolute atomic E-state index is 12.5. The number of fused-ring (bicyclic) bond motifs is 1. The lowest BCUT2D eigenvalue weighted by Gasteiger charge is -2.11. The van der Waals surface area contributed by atoms with Crippen molar-refractivity contribution in [2.45, 2.75) is 6.54 Å². The lowest BCUT2D eigenvalue weighted by Crippen LogP contribution is -2.22. The zero-order chi connectivity index (χ0) is 24.2. The Kier molecular flexibility index (Phi) is 5.87. The van der Waals surface area contributed by atoms with Crippen LogP contribution in [0.4, 0.5) is 11.5 Å². The first-order chi connectivity index (χ1) is 17.1. The predicted molar refractivity (Wildman–Crippen MR) is 132 cm³/mol. The lowest BCUT2D eigenvalue weighted by molar-refractivity contribution is 0.0949. The van der Waals surface area contributed by atoms with Gasteiger partial charge in [0.05, 0.1) is 11.9 Å². The summed E-state index contributed by atoms with van der Waals surface area (Å²) in [5.74, 6) is -0.0684. The lowest BCUT2D eigenvalue weighted by atomic mass is 10.1. The molecule has 0 unspecified atom stereocenters. The van der Waals surface area contributed by atoms with E-state index >= 15 is 0 Å². The van der Waals surface area contributed by atoms with Gasteiger partial charge in [-0.25, -0.2) is 9.97 Å². The normalized spacial score (nSPS) is 10.7. The summed E-state index contributed by atoms with van der Waals surface area (Å²) in [7, 11) is 0. The summed E-state index contributed by atoms with van der Waals surface area (Å²) in [5.41, 5.74) is 10.4. The Morgan fingerprint density at radius 1 is 0.886 bits per heavy atom. The Bertz CT molecular complexity index is 1500. The fourth-order valence-corrected chi connectivity index (χ4v) is 3.65. The number of rotatable bonds is 7. The third-order valence-corrected chi connectivity index (χ3v) is 5.48. The van der Waals surface area contributed by atoms with Crippen molar-refractivity contribution in [3.8, 4) is 11.3 Å². The first kappa shape index (κ1) is 21.8. The molecule has 2 aromatic carbocycles. The molecule has 3 heterocycles. The zero-order valence-electron chi connectivity index (χ0n) is 18.6. The largest absolute Gasteiger partial charge is 0.366 e. The number of primary amides is 1. The van der Waals surface area contributed by atoms with Crippen LogP contribution in [-0.4, -0.2) is 31.2 Å². The first-order valence-electron chi connectivity index (χ1n) is 10.8. The molecule has 5 aromatic rings. The number of anilines is 2. The van der Waals surface area contributed by atoms with Gasteiger partial charge in [0.1, 0.15) is 0 Å². The predicted octanol–water partition coefficient (Wildman–Crippen LogP) is 3.56. The summed E-state index contributed by atoms with van der Waals surface area (Å²) in [6, 6.07) is 17.9. The number of hydrogen-bond donors (Lipinski definition) is 3. The van der Waals surface area contributed by atoms with Crippen molar-refractivity contribution >= 4 is 29.0 Å². The van der Waals surface area contributed by atoms with E-state index in [0.717, 1.165) is 22.5 Å². The van der Waals surface area contributed by atoms with Crippen LogP contribution >= 0.6 is 0 Å². The summed E-state index contributed by atoms with van der Waals surface area (Å²) in [5, 5.41) is 6.15. The maximum Gasteiger partial charge on any atom is 0.251 e. The molecule has 4 N–H and O–H groups in total. The molecule has 0 aliphatic heterocycles. The van der Waals surface area contributed by atoms with E-state index in [1.807, 2.05) is 47.0 Å². The molecule has 2 amide bonds. The Morgan fingerprint density at radius 2 is 1.66 bits per heavy atom. The molecule has 35 heavy (non-hydrogen) atoms. The Balaban J connectivity index is 1.32. The number of hydrogen-bond acceptors (Lipinski definition) is 6. The van der Waals surface area contributed by atoms with Gasteiger partial charge in [0, 0.05) is 53.7 Å². The van der Waals surface area contributed by atoms with Gasteiger partial charge in [-0.15, -0.1) is 0 Å². The summed E-state index contributed by atoms with van der Waals surface area (Å²) < 4.78 is 1.91. The fourth-order valence-electron chi connectivity index (χ4n) is 3.65. The first-order valence-corrected chi connectivity index (χ1v) is 10.8. The monoisotopic (exact) mass is 463 g/mol. The molecular weight excluding hydrogens is 442 g/mol. The molecule has 172 valence electrons. The van der Waals surface area contributed by atoms with Crippen LogP contribution in [-0.2, 0) is 6.54 Å². The summed E-state index contributed by atoms with van der Waals surface area (Å²) >= 11 is 0. The molecule has 0 saturated carbocycles. The molecule has 0 bridgehead atoms. The maximum atomic E-state index is 12.5. The Morgan fingerprint density at radius 3 is 2.37 bits per heavy atom. The van der Waals surface area contributed by atoms with Crippen LogP contribution < -0.4 is 16.4 Å². The molecule has 0 fully saturated rings. The number of benzene rings is 2. The average Bonchev–Trinajstić information content (AvgIpc) is 3.39.